The molecule has 0 spiro atoms. The molecule has 14 heavy (non-hydrogen) atoms. The summed E-state index contributed by atoms with van der Waals surface area (Å²) >= 11 is 0. The van der Waals surface area contributed by atoms with Gasteiger partial charge in [-0.25, -0.2) is 0 Å². The molecule has 0 aliphatic heterocycles. The second-order valence-electron chi connectivity index (χ2n) is 2.84. The Bertz CT molecular complexity index is 345. The van der Waals surface area contributed by atoms with E-state index in [1.807, 2.05) is 0 Å². The summed E-state index contributed by atoms with van der Waals surface area (Å²) < 4.78 is 37.1. The molecule has 0 saturated carbocycles. The summed E-state index contributed by atoms with van der Waals surface area (Å²) in [6.07, 6.45) is -4.50. The molecular weight excluding hydrogens is 197 g/mol. The molecule has 0 fully saturated rings. The zero-order valence-electron chi connectivity index (χ0n) is 7.39. The fraction of sp³-hybridized carbons (Fsp3) is 0.333. The molecule has 1 aromatic rings. The molecule has 0 radical (unpaired) electrons. The van der Waals surface area contributed by atoms with E-state index in [1.165, 1.54) is 6.92 Å². The lowest BCUT2D eigenvalue weighted by Crippen LogP contribution is -2.08. The normalized spacial score (nSPS) is 11.7. The van der Waals surface area contributed by atoms with Gasteiger partial charge in [0.05, 0.1) is 5.56 Å². The van der Waals surface area contributed by atoms with Crippen LogP contribution in [0.25, 0.3) is 0 Å². The van der Waals surface area contributed by atoms with E-state index in [4.69, 9.17) is 5.11 Å². The molecule has 2 nitrogen and oxygen atoms in total. The minimum absolute atomic E-state index is 0.0565. The maximum atomic E-state index is 12.4. The van der Waals surface area contributed by atoms with Crippen molar-refractivity contribution in [3.8, 4) is 11.5 Å². The van der Waals surface area contributed by atoms with Gasteiger partial charge in [0.1, 0.15) is 11.5 Å². The largest absolute Gasteiger partial charge is 0.508 e. The highest BCUT2D eigenvalue weighted by molar-refractivity contribution is 5.46. The van der Waals surface area contributed by atoms with Crippen LogP contribution < -0.4 is 0 Å². The molecule has 1 rings (SSSR count). The van der Waals surface area contributed by atoms with Gasteiger partial charge in [-0.05, 0) is 12.5 Å². The zero-order valence-corrected chi connectivity index (χ0v) is 7.39. The first kappa shape index (κ1) is 10.7. The molecule has 0 atom stereocenters. The Labute approximate surface area is 78.6 Å². The van der Waals surface area contributed by atoms with Gasteiger partial charge < -0.3 is 10.2 Å². The number of phenols is 2. The van der Waals surface area contributed by atoms with Crippen LogP contribution in [0.2, 0.25) is 0 Å². The Morgan fingerprint density at radius 3 is 2.21 bits per heavy atom. The number of halogens is 3. The van der Waals surface area contributed by atoms with Crippen LogP contribution in [0.5, 0.6) is 11.5 Å². The third kappa shape index (κ3) is 1.92. The van der Waals surface area contributed by atoms with Crippen molar-refractivity contribution in [2.24, 2.45) is 0 Å². The predicted octanol–water partition coefficient (Wildman–Crippen LogP) is 2.68. The average Bonchev–Trinajstić information content (AvgIpc) is 2.01. The monoisotopic (exact) mass is 206 g/mol. The van der Waals surface area contributed by atoms with Gasteiger partial charge in [0.15, 0.2) is 0 Å². The van der Waals surface area contributed by atoms with Crippen molar-refractivity contribution in [3.05, 3.63) is 23.3 Å². The van der Waals surface area contributed by atoms with E-state index < -0.39 is 23.2 Å². The van der Waals surface area contributed by atoms with Crippen molar-refractivity contribution in [1.82, 2.24) is 0 Å². The fourth-order valence-corrected chi connectivity index (χ4v) is 1.27. The van der Waals surface area contributed by atoms with Gasteiger partial charge in [0, 0.05) is 11.6 Å². The summed E-state index contributed by atoms with van der Waals surface area (Å²) in [5, 5.41) is 18.1. The van der Waals surface area contributed by atoms with Crippen LogP contribution in [0.15, 0.2) is 12.1 Å². The van der Waals surface area contributed by atoms with Gasteiger partial charge in [-0.15, -0.1) is 0 Å². The number of phenolic OH excluding ortho intramolecular Hbond substituents is 2. The molecule has 0 unspecified atom stereocenters. The van der Waals surface area contributed by atoms with Crippen LogP contribution in [0.4, 0.5) is 13.2 Å². The standard InChI is InChI=1S/C9H9F3O2/c1-2-6-7(9(10,11)12)3-5(13)4-8(6)14/h3-4,13-14H,2H2,1H3. The van der Waals surface area contributed by atoms with Crippen LogP contribution in [0.3, 0.4) is 0 Å². The van der Waals surface area contributed by atoms with Crippen LogP contribution in [-0.4, -0.2) is 10.2 Å². The summed E-state index contributed by atoms with van der Waals surface area (Å²) in [6.45, 7) is 1.50. The van der Waals surface area contributed by atoms with Crippen LogP contribution in [0.1, 0.15) is 18.1 Å². The second-order valence-corrected chi connectivity index (χ2v) is 2.84. The highest BCUT2D eigenvalue weighted by Gasteiger charge is 2.34. The summed E-state index contributed by atoms with van der Waals surface area (Å²) in [7, 11) is 0. The maximum absolute atomic E-state index is 12.4. The minimum Gasteiger partial charge on any atom is -0.508 e. The number of hydrogen-bond donors (Lipinski definition) is 2. The van der Waals surface area contributed by atoms with Gasteiger partial charge in [0.25, 0.3) is 0 Å². The minimum atomic E-state index is -4.55. The first-order valence-corrected chi connectivity index (χ1v) is 3.98. The van der Waals surface area contributed by atoms with E-state index in [2.05, 4.69) is 0 Å². The van der Waals surface area contributed by atoms with Crippen molar-refractivity contribution in [2.45, 2.75) is 19.5 Å². The number of aromatic hydroxyl groups is 2. The molecule has 0 aliphatic rings. The molecule has 0 saturated heterocycles. The molecule has 1 aromatic carbocycles. The Morgan fingerprint density at radius 1 is 1.21 bits per heavy atom. The quantitative estimate of drug-likeness (QED) is 0.741. The van der Waals surface area contributed by atoms with E-state index in [9.17, 15) is 18.3 Å². The lowest BCUT2D eigenvalue weighted by Gasteiger charge is -2.13. The van der Waals surface area contributed by atoms with E-state index in [1.54, 1.807) is 0 Å². The summed E-state index contributed by atoms with van der Waals surface area (Å²) in [6, 6.07) is 1.51. The van der Waals surface area contributed by atoms with Gasteiger partial charge in [0.2, 0.25) is 0 Å². The molecule has 78 valence electrons. The van der Waals surface area contributed by atoms with Gasteiger partial charge in [-0.2, -0.15) is 13.2 Å². The Balaban J connectivity index is 3.40. The van der Waals surface area contributed by atoms with Gasteiger partial charge in [-0.1, -0.05) is 6.92 Å². The highest BCUT2D eigenvalue weighted by Crippen LogP contribution is 2.38. The Morgan fingerprint density at radius 2 is 1.79 bits per heavy atom. The Kier molecular flexibility index (Phi) is 2.59. The SMILES string of the molecule is CCc1c(O)cc(O)cc1C(F)(F)F. The number of benzene rings is 1. The molecule has 2 N–H and O–H groups in total. The molecule has 5 heteroatoms. The van der Waals surface area contributed by atoms with Crippen molar-refractivity contribution in [1.29, 1.82) is 0 Å². The average molecular weight is 206 g/mol. The van der Waals surface area contributed by atoms with Crippen molar-refractivity contribution in [2.75, 3.05) is 0 Å². The van der Waals surface area contributed by atoms with E-state index in [0.29, 0.717) is 6.07 Å². The summed E-state index contributed by atoms with van der Waals surface area (Å²) in [4.78, 5) is 0. The summed E-state index contributed by atoms with van der Waals surface area (Å²) in [5.74, 6) is -1.12. The zero-order chi connectivity index (χ0) is 10.9. The van der Waals surface area contributed by atoms with Crippen molar-refractivity contribution >= 4 is 0 Å². The van der Waals surface area contributed by atoms with Crippen LogP contribution in [-0.2, 0) is 12.6 Å². The number of alkyl halides is 3. The lowest BCUT2D eigenvalue weighted by molar-refractivity contribution is -0.138. The van der Waals surface area contributed by atoms with Gasteiger partial charge in [-0.3, -0.25) is 0 Å². The molecule has 0 aromatic heterocycles. The third-order valence-electron chi connectivity index (χ3n) is 1.87. The second kappa shape index (κ2) is 3.40. The van der Waals surface area contributed by atoms with Crippen LogP contribution >= 0.6 is 0 Å². The lowest BCUT2D eigenvalue weighted by atomic mass is 10.0. The maximum Gasteiger partial charge on any atom is 0.416 e. The van der Waals surface area contributed by atoms with Crippen molar-refractivity contribution < 1.29 is 23.4 Å². The smallest absolute Gasteiger partial charge is 0.416 e. The topological polar surface area (TPSA) is 40.5 Å². The molecule has 0 aliphatic carbocycles. The van der Waals surface area contributed by atoms with Gasteiger partial charge >= 0.3 is 6.18 Å². The molecule has 0 bridgehead atoms. The molecule has 0 heterocycles. The predicted molar refractivity (Wildman–Crippen MR) is 44.2 cm³/mol. The number of hydrogen-bond acceptors (Lipinski definition) is 2. The highest BCUT2D eigenvalue weighted by atomic mass is 19.4. The Hall–Kier alpha value is -1.39. The van der Waals surface area contributed by atoms with E-state index >= 15 is 0 Å². The number of rotatable bonds is 1. The third-order valence-corrected chi connectivity index (χ3v) is 1.87. The summed E-state index contributed by atoms with van der Waals surface area (Å²) in [5.41, 5.74) is -1.19. The van der Waals surface area contributed by atoms with Crippen LogP contribution in [0, 0.1) is 0 Å². The van der Waals surface area contributed by atoms with E-state index in [0.717, 1.165) is 6.07 Å². The molecular formula is C9H9F3O2. The van der Waals surface area contributed by atoms with E-state index in [-0.39, 0.29) is 12.0 Å². The van der Waals surface area contributed by atoms with Crippen molar-refractivity contribution in [3.63, 3.8) is 0 Å². The first-order chi connectivity index (χ1) is 6.36. The fourth-order valence-electron chi connectivity index (χ4n) is 1.27. The first-order valence-electron chi connectivity index (χ1n) is 3.98. The molecule has 0 amide bonds.